The number of anilines is 1. The lowest BCUT2D eigenvalue weighted by atomic mass is 9.95. The number of nitrogens with zero attached hydrogens (tertiary/aromatic N) is 1. The zero-order valence-corrected chi connectivity index (χ0v) is 15.1. The molecule has 0 saturated carbocycles. The van der Waals surface area contributed by atoms with E-state index in [1.165, 1.54) is 17.0 Å². The van der Waals surface area contributed by atoms with E-state index in [-0.39, 0.29) is 22.7 Å². The zero-order valence-electron chi connectivity index (χ0n) is 14.3. The van der Waals surface area contributed by atoms with Crippen molar-refractivity contribution < 1.29 is 14.0 Å². The monoisotopic (exact) mass is 362 g/mol. The van der Waals surface area contributed by atoms with Crippen molar-refractivity contribution in [2.45, 2.75) is 19.3 Å². The van der Waals surface area contributed by atoms with Gasteiger partial charge in [0, 0.05) is 19.8 Å². The summed E-state index contributed by atoms with van der Waals surface area (Å²) >= 11 is 6.16. The SMILES string of the molecule is CCC(C(=O)Nc1ccc(C(=O)N(C)C)c(Cl)c1)c1ccc(F)cc1. The van der Waals surface area contributed by atoms with Crippen LogP contribution in [0.25, 0.3) is 0 Å². The van der Waals surface area contributed by atoms with Crippen molar-refractivity contribution in [3.05, 3.63) is 64.4 Å². The molecule has 2 rings (SSSR count). The van der Waals surface area contributed by atoms with Crippen LogP contribution in [0, 0.1) is 5.82 Å². The molecule has 2 amide bonds. The quantitative estimate of drug-likeness (QED) is 0.861. The Hall–Kier alpha value is -2.40. The van der Waals surface area contributed by atoms with E-state index in [0.717, 1.165) is 5.56 Å². The van der Waals surface area contributed by atoms with Crippen molar-refractivity contribution in [1.29, 1.82) is 0 Å². The molecule has 0 bridgehead atoms. The highest BCUT2D eigenvalue weighted by Gasteiger charge is 2.20. The van der Waals surface area contributed by atoms with Crippen molar-refractivity contribution in [3.63, 3.8) is 0 Å². The van der Waals surface area contributed by atoms with Gasteiger partial charge in [-0.25, -0.2) is 4.39 Å². The summed E-state index contributed by atoms with van der Waals surface area (Å²) in [7, 11) is 3.28. The Morgan fingerprint density at radius 1 is 1.16 bits per heavy atom. The largest absolute Gasteiger partial charge is 0.345 e. The molecular formula is C19H20ClFN2O2. The van der Waals surface area contributed by atoms with Gasteiger partial charge in [-0.1, -0.05) is 30.7 Å². The molecule has 0 saturated heterocycles. The number of amides is 2. The van der Waals surface area contributed by atoms with Crippen LogP contribution in [-0.2, 0) is 4.79 Å². The summed E-state index contributed by atoms with van der Waals surface area (Å²) in [4.78, 5) is 26.0. The lowest BCUT2D eigenvalue weighted by Crippen LogP contribution is -2.23. The second-order valence-electron chi connectivity index (χ2n) is 5.90. The first kappa shape index (κ1) is 18.9. The number of hydrogen-bond donors (Lipinski definition) is 1. The van der Waals surface area contributed by atoms with Gasteiger partial charge in [-0.3, -0.25) is 9.59 Å². The Balaban J connectivity index is 2.17. The number of carbonyl (C=O) groups excluding carboxylic acids is 2. The molecule has 0 aliphatic rings. The third kappa shape index (κ3) is 4.57. The molecular weight excluding hydrogens is 343 g/mol. The van der Waals surface area contributed by atoms with Crippen molar-refractivity contribution in [3.8, 4) is 0 Å². The molecule has 0 fully saturated rings. The fourth-order valence-corrected chi connectivity index (χ4v) is 2.77. The van der Waals surface area contributed by atoms with E-state index in [1.807, 2.05) is 6.92 Å². The van der Waals surface area contributed by atoms with E-state index in [1.54, 1.807) is 44.4 Å². The number of hydrogen-bond acceptors (Lipinski definition) is 2. The fourth-order valence-electron chi connectivity index (χ4n) is 2.50. The first-order valence-electron chi connectivity index (χ1n) is 7.91. The smallest absolute Gasteiger partial charge is 0.254 e. The predicted molar refractivity (Wildman–Crippen MR) is 97.5 cm³/mol. The molecule has 1 unspecified atom stereocenters. The fraction of sp³-hybridized carbons (Fsp3) is 0.263. The lowest BCUT2D eigenvalue weighted by Gasteiger charge is -2.16. The third-order valence-electron chi connectivity index (χ3n) is 3.87. The Morgan fingerprint density at radius 2 is 1.80 bits per heavy atom. The van der Waals surface area contributed by atoms with E-state index in [4.69, 9.17) is 11.6 Å². The van der Waals surface area contributed by atoms with Crippen LogP contribution < -0.4 is 5.32 Å². The van der Waals surface area contributed by atoms with Gasteiger partial charge in [0.05, 0.1) is 16.5 Å². The van der Waals surface area contributed by atoms with Crippen molar-refractivity contribution >= 4 is 29.1 Å². The number of rotatable bonds is 5. The van der Waals surface area contributed by atoms with Gasteiger partial charge < -0.3 is 10.2 Å². The van der Waals surface area contributed by atoms with Crippen molar-refractivity contribution in [2.24, 2.45) is 0 Å². The summed E-state index contributed by atoms with van der Waals surface area (Å²) in [6.07, 6.45) is 0.572. The van der Waals surface area contributed by atoms with E-state index < -0.39 is 5.92 Å². The van der Waals surface area contributed by atoms with E-state index in [2.05, 4.69) is 5.32 Å². The Bertz CT molecular complexity index is 775. The van der Waals surface area contributed by atoms with Crippen LogP contribution in [0.2, 0.25) is 5.02 Å². The first-order valence-corrected chi connectivity index (χ1v) is 8.28. The summed E-state index contributed by atoms with van der Waals surface area (Å²) in [6, 6.07) is 10.7. The van der Waals surface area contributed by atoms with Crippen LogP contribution in [0.15, 0.2) is 42.5 Å². The van der Waals surface area contributed by atoms with Gasteiger partial charge >= 0.3 is 0 Å². The van der Waals surface area contributed by atoms with E-state index >= 15 is 0 Å². The normalized spacial score (nSPS) is 11.7. The molecule has 4 nitrogen and oxygen atoms in total. The maximum atomic E-state index is 13.1. The molecule has 25 heavy (non-hydrogen) atoms. The summed E-state index contributed by atoms with van der Waals surface area (Å²) in [6.45, 7) is 1.89. The Labute approximate surface area is 151 Å². The van der Waals surface area contributed by atoms with Gasteiger partial charge in [-0.15, -0.1) is 0 Å². The molecule has 0 aliphatic heterocycles. The summed E-state index contributed by atoms with van der Waals surface area (Å²) in [5.74, 6) is -1.16. The standard InChI is InChI=1S/C19H20ClFN2O2/c1-4-15(12-5-7-13(21)8-6-12)18(24)22-14-9-10-16(17(20)11-14)19(25)23(2)3/h5-11,15H,4H2,1-3H3,(H,22,24). The Kier molecular flexibility index (Phi) is 6.15. The van der Waals surface area contributed by atoms with Crippen LogP contribution in [0.3, 0.4) is 0 Å². The van der Waals surface area contributed by atoms with Crippen LogP contribution in [0.5, 0.6) is 0 Å². The van der Waals surface area contributed by atoms with E-state index in [0.29, 0.717) is 17.7 Å². The molecule has 2 aromatic carbocycles. The highest BCUT2D eigenvalue weighted by Crippen LogP contribution is 2.25. The molecule has 132 valence electrons. The number of benzene rings is 2. The molecule has 2 aromatic rings. The molecule has 6 heteroatoms. The number of carbonyl (C=O) groups is 2. The van der Waals surface area contributed by atoms with Crippen LogP contribution in [-0.4, -0.2) is 30.8 Å². The second kappa shape index (κ2) is 8.12. The average Bonchev–Trinajstić information content (AvgIpc) is 2.56. The van der Waals surface area contributed by atoms with Crippen LogP contribution in [0.4, 0.5) is 10.1 Å². The molecule has 0 aliphatic carbocycles. The maximum absolute atomic E-state index is 13.1. The van der Waals surface area contributed by atoms with Gasteiger partial charge in [0.15, 0.2) is 0 Å². The minimum absolute atomic E-state index is 0.208. The molecule has 0 heterocycles. The highest BCUT2D eigenvalue weighted by molar-refractivity contribution is 6.34. The molecule has 1 atom stereocenters. The average molecular weight is 363 g/mol. The predicted octanol–water partition coefficient (Wildman–Crippen LogP) is 4.31. The Morgan fingerprint density at radius 3 is 2.32 bits per heavy atom. The maximum Gasteiger partial charge on any atom is 0.254 e. The summed E-state index contributed by atoms with van der Waals surface area (Å²) in [5, 5.41) is 3.07. The molecule has 0 aromatic heterocycles. The van der Waals surface area contributed by atoms with Gasteiger partial charge in [-0.05, 0) is 42.3 Å². The number of nitrogens with one attached hydrogen (secondary N) is 1. The van der Waals surface area contributed by atoms with Gasteiger partial charge in [0.2, 0.25) is 5.91 Å². The molecule has 0 radical (unpaired) electrons. The van der Waals surface area contributed by atoms with E-state index in [9.17, 15) is 14.0 Å². The van der Waals surface area contributed by atoms with Crippen LogP contribution >= 0.6 is 11.6 Å². The lowest BCUT2D eigenvalue weighted by molar-refractivity contribution is -0.117. The number of halogens is 2. The summed E-state index contributed by atoms with van der Waals surface area (Å²) < 4.78 is 13.1. The highest BCUT2D eigenvalue weighted by atomic mass is 35.5. The molecule has 1 N–H and O–H groups in total. The van der Waals surface area contributed by atoms with Crippen molar-refractivity contribution in [1.82, 2.24) is 4.90 Å². The molecule has 0 spiro atoms. The van der Waals surface area contributed by atoms with Gasteiger partial charge in [-0.2, -0.15) is 0 Å². The van der Waals surface area contributed by atoms with Gasteiger partial charge in [0.25, 0.3) is 5.91 Å². The van der Waals surface area contributed by atoms with Crippen molar-refractivity contribution in [2.75, 3.05) is 19.4 Å². The van der Waals surface area contributed by atoms with Gasteiger partial charge in [0.1, 0.15) is 5.82 Å². The summed E-state index contributed by atoms with van der Waals surface area (Å²) in [5.41, 5.74) is 1.62. The minimum Gasteiger partial charge on any atom is -0.345 e. The van der Waals surface area contributed by atoms with Crippen LogP contribution in [0.1, 0.15) is 35.2 Å². The second-order valence-corrected chi connectivity index (χ2v) is 6.30. The zero-order chi connectivity index (χ0) is 18.6. The topological polar surface area (TPSA) is 49.4 Å². The minimum atomic E-state index is -0.401. The third-order valence-corrected chi connectivity index (χ3v) is 4.18. The first-order chi connectivity index (χ1) is 11.8.